The van der Waals surface area contributed by atoms with Crippen molar-refractivity contribution < 1.29 is 9.90 Å². The van der Waals surface area contributed by atoms with Crippen molar-refractivity contribution in [1.82, 2.24) is 4.98 Å². The predicted octanol–water partition coefficient (Wildman–Crippen LogP) is 3.08. The minimum absolute atomic E-state index is 0.123. The normalized spacial score (nSPS) is 14.2. The van der Waals surface area contributed by atoms with E-state index >= 15 is 0 Å². The third kappa shape index (κ3) is 2.60. The van der Waals surface area contributed by atoms with E-state index in [1.807, 2.05) is 43.3 Å². The molecule has 3 rings (SSSR count). The van der Waals surface area contributed by atoms with Gasteiger partial charge in [0.05, 0.1) is 5.71 Å². The van der Waals surface area contributed by atoms with E-state index in [0.717, 1.165) is 28.0 Å². The Bertz CT molecular complexity index is 744. The number of allylic oxidation sites excluding steroid dienone is 1. The maximum atomic E-state index is 11.4. The second-order valence-corrected chi connectivity index (χ2v) is 4.98. The highest BCUT2D eigenvalue weighted by atomic mass is 16.4. The molecule has 4 nitrogen and oxygen atoms in total. The number of aryl methyl sites for hydroxylation is 1. The molecule has 0 saturated carbocycles. The molecular weight excluding hydrogens is 264 g/mol. The first-order valence-corrected chi connectivity index (χ1v) is 6.66. The molecule has 0 bridgehead atoms. The molecule has 0 spiro atoms. The fourth-order valence-electron chi connectivity index (χ4n) is 2.36. The Balaban J connectivity index is 2.00. The summed E-state index contributed by atoms with van der Waals surface area (Å²) >= 11 is 0. The number of carboxylic acids is 1. The quantitative estimate of drug-likeness (QED) is 0.938. The summed E-state index contributed by atoms with van der Waals surface area (Å²) in [6, 6.07) is 11.5. The molecule has 4 heteroatoms. The van der Waals surface area contributed by atoms with Gasteiger partial charge in [0, 0.05) is 24.4 Å². The van der Waals surface area contributed by atoms with Gasteiger partial charge in [0.15, 0.2) is 5.70 Å². The summed E-state index contributed by atoms with van der Waals surface area (Å²) < 4.78 is 0. The van der Waals surface area contributed by atoms with Crippen molar-refractivity contribution in [1.29, 1.82) is 0 Å². The smallest absolute Gasteiger partial charge is 0.354 e. The summed E-state index contributed by atoms with van der Waals surface area (Å²) in [5, 5.41) is 9.38. The number of rotatable bonds is 3. The van der Waals surface area contributed by atoms with Crippen LogP contribution in [0, 0.1) is 6.92 Å². The lowest BCUT2D eigenvalue weighted by molar-refractivity contribution is -0.132. The fraction of sp³-hybridized carbons (Fsp3) is 0.118. The Morgan fingerprint density at radius 3 is 2.52 bits per heavy atom. The molecule has 0 atom stereocenters. The van der Waals surface area contributed by atoms with Gasteiger partial charge in [0.25, 0.3) is 0 Å². The third-order valence-electron chi connectivity index (χ3n) is 3.47. The van der Waals surface area contributed by atoms with Gasteiger partial charge in [-0.1, -0.05) is 35.9 Å². The third-order valence-corrected chi connectivity index (χ3v) is 3.47. The summed E-state index contributed by atoms with van der Waals surface area (Å²) in [6.45, 7) is 2.00. The number of carbonyl (C=O) groups is 1. The molecular formula is C17H14N2O2. The number of hydrogen-bond acceptors (Lipinski definition) is 3. The summed E-state index contributed by atoms with van der Waals surface area (Å²) in [7, 11) is 0. The lowest BCUT2D eigenvalue weighted by atomic mass is 9.98. The molecule has 0 saturated heterocycles. The van der Waals surface area contributed by atoms with Crippen LogP contribution in [-0.4, -0.2) is 21.8 Å². The minimum Gasteiger partial charge on any atom is -0.477 e. The molecule has 0 fully saturated rings. The molecule has 104 valence electrons. The zero-order valence-corrected chi connectivity index (χ0v) is 11.6. The number of aromatic nitrogens is 1. The first kappa shape index (κ1) is 13.2. The van der Waals surface area contributed by atoms with Crippen molar-refractivity contribution in [2.75, 3.05) is 0 Å². The van der Waals surface area contributed by atoms with E-state index < -0.39 is 5.97 Å². The number of benzene rings is 1. The SMILES string of the molecule is Cc1ccc(C2=C(C(=O)O)N=C(c3cccnc3)C2)cc1. The summed E-state index contributed by atoms with van der Waals surface area (Å²) in [6.07, 6.45) is 3.90. The molecule has 0 amide bonds. The molecule has 0 unspecified atom stereocenters. The standard InChI is InChI=1S/C17H14N2O2/c1-11-4-6-12(7-5-11)14-9-15(19-16(14)17(20)21)13-3-2-8-18-10-13/h2-8,10H,9H2,1H3,(H,20,21). The molecule has 1 aliphatic rings. The number of carboxylic acid groups (broad SMARTS) is 1. The second kappa shape index (κ2) is 5.32. The van der Waals surface area contributed by atoms with Crippen LogP contribution >= 0.6 is 0 Å². The molecule has 1 N–H and O–H groups in total. The molecule has 0 radical (unpaired) electrons. The monoisotopic (exact) mass is 278 g/mol. The maximum absolute atomic E-state index is 11.4. The van der Waals surface area contributed by atoms with Crippen LogP contribution in [0.15, 0.2) is 59.5 Å². The lowest BCUT2D eigenvalue weighted by Gasteiger charge is -2.05. The zero-order valence-electron chi connectivity index (χ0n) is 11.6. The van der Waals surface area contributed by atoms with E-state index in [1.54, 1.807) is 12.4 Å². The Morgan fingerprint density at radius 2 is 1.90 bits per heavy atom. The molecule has 1 aliphatic heterocycles. The van der Waals surface area contributed by atoms with Crippen LogP contribution < -0.4 is 0 Å². The van der Waals surface area contributed by atoms with Gasteiger partial charge in [-0.05, 0) is 24.1 Å². The molecule has 0 aliphatic carbocycles. The van der Waals surface area contributed by atoms with Gasteiger partial charge < -0.3 is 5.11 Å². The second-order valence-electron chi connectivity index (χ2n) is 4.98. The Labute approximate surface area is 122 Å². The lowest BCUT2D eigenvalue weighted by Crippen LogP contribution is -1.98. The van der Waals surface area contributed by atoms with Gasteiger partial charge in [0.1, 0.15) is 0 Å². The van der Waals surface area contributed by atoms with E-state index in [9.17, 15) is 9.90 Å². The van der Waals surface area contributed by atoms with Gasteiger partial charge in [0.2, 0.25) is 0 Å². The van der Waals surface area contributed by atoms with Gasteiger partial charge in [-0.25, -0.2) is 9.79 Å². The van der Waals surface area contributed by atoms with Crippen molar-refractivity contribution in [2.24, 2.45) is 4.99 Å². The predicted molar refractivity (Wildman–Crippen MR) is 81.1 cm³/mol. The van der Waals surface area contributed by atoms with Crippen LogP contribution in [0.2, 0.25) is 0 Å². The summed E-state index contributed by atoms with van der Waals surface area (Å²) in [5.41, 5.74) is 4.52. The van der Waals surface area contributed by atoms with Crippen molar-refractivity contribution in [3.05, 3.63) is 71.2 Å². The zero-order chi connectivity index (χ0) is 14.8. The van der Waals surface area contributed by atoms with Crippen LogP contribution in [0.4, 0.5) is 0 Å². The molecule has 1 aromatic carbocycles. The Kier molecular flexibility index (Phi) is 3.36. The average Bonchev–Trinajstić information content (AvgIpc) is 2.94. The van der Waals surface area contributed by atoms with E-state index in [0.29, 0.717) is 6.42 Å². The highest BCUT2D eigenvalue weighted by Crippen LogP contribution is 2.31. The van der Waals surface area contributed by atoms with Gasteiger partial charge >= 0.3 is 5.97 Å². The maximum Gasteiger partial charge on any atom is 0.354 e. The van der Waals surface area contributed by atoms with Crippen LogP contribution in [0.5, 0.6) is 0 Å². The summed E-state index contributed by atoms with van der Waals surface area (Å²) in [5.74, 6) is -0.996. The first-order valence-electron chi connectivity index (χ1n) is 6.66. The van der Waals surface area contributed by atoms with Crippen molar-refractivity contribution in [3.63, 3.8) is 0 Å². The van der Waals surface area contributed by atoms with Gasteiger partial charge in [-0.15, -0.1) is 0 Å². The van der Waals surface area contributed by atoms with E-state index in [-0.39, 0.29) is 5.70 Å². The van der Waals surface area contributed by atoms with Crippen LogP contribution in [-0.2, 0) is 4.79 Å². The van der Waals surface area contributed by atoms with Crippen LogP contribution in [0.25, 0.3) is 5.57 Å². The molecule has 1 aromatic heterocycles. The topological polar surface area (TPSA) is 62.5 Å². The first-order chi connectivity index (χ1) is 10.1. The fourth-order valence-corrected chi connectivity index (χ4v) is 2.36. The van der Waals surface area contributed by atoms with E-state index in [4.69, 9.17) is 0 Å². The van der Waals surface area contributed by atoms with Gasteiger partial charge in [-0.2, -0.15) is 0 Å². The minimum atomic E-state index is -0.996. The number of aliphatic carboxylic acids is 1. The Morgan fingerprint density at radius 1 is 1.14 bits per heavy atom. The van der Waals surface area contributed by atoms with E-state index in [2.05, 4.69) is 9.98 Å². The van der Waals surface area contributed by atoms with Gasteiger partial charge in [-0.3, -0.25) is 4.98 Å². The van der Waals surface area contributed by atoms with Crippen molar-refractivity contribution in [2.45, 2.75) is 13.3 Å². The number of pyridine rings is 1. The molecule has 21 heavy (non-hydrogen) atoms. The number of aliphatic imine (C=N–C) groups is 1. The molecule has 2 aromatic rings. The van der Waals surface area contributed by atoms with Crippen LogP contribution in [0.3, 0.4) is 0 Å². The number of nitrogens with zero attached hydrogens (tertiary/aromatic N) is 2. The van der Waals surface area contributed by atoms with E-state index in [1.165, 1.54) is 0 Å². The summed E-state index contributed by atoms with van der Waals surface area (Å²) in [4.78, 5) is 19.8. The Hall–Kier alpha value is -2.75. The number of hydrogen-bond donors (Lipinski definition) is 1. The largest absolute Gasteiger partial charge is 0.477 e. The highest BCUT2D eigenvalue weighted by molar-refractivity contribution is 6.15. The highest BCUT2D eigenvalue weighted by Gasteiger charge is 2.24. The van der Waals surface area contributed by atoms with Crippen LogP contribution in [0.1, 0.15) is 23.1 Å². The molecule has 2 heterocycles. The average molecular weight is 278 g/mol. The van der Waals surface area contributed by atoms with Crippen molar-refractivity contribution in [3.8, 4) is 0 Å². The van der Waals surface area contributed by atoms with Crippen molar-refractivity contribution >= 4 is 17.3 Å².